The Labute approximate surface area is 152 Å². The normalized spacial score (nSPS) is 15.7. The summed E-state index contributed by atoms with van der Waals surface area (Å²) in [5, 5.41) is 11.5. The quantitative estimate of drug-likeness (QED) is 0.453. The van der Waals surface area contributed by atoms with Gasteiger partial charge in [-0.25, -0.2) is 4.79 Å². The fourth-order valence-corrected chi connectivity index (χ4v) is 3.02. The summed E-state index contributed by atoms with van der Waals surface area (Å²) in [5.41, 5.74) is 0.465. The number of nitro groups is 1. The van der Waals surface area contributed by atoms with Gasteiger partial charge in [-0.2, -0.15) is 0 Å². The van der Waals surface area contributed by atoms with Crippen LogP contribution in [-0.2, 0) is 9.53 Å². The number of nitro benzene ring substituents is 1. The van der Waals surface area contributed by atoms with E-state index in [0.717, 1.165) is 38.8 Å². The van der Waals surface area contributed by atoms with Crippen molar-refractivity contribution in [2.45, 2.75) is 38.7 Å². The maximum absolute atomic E-state index is 12.3. The van der Waals surface area contributed by atoms with Crippen molar-refractivity contribution in [2.24, 2.45) is 0 Å². The Morgan fingerprint density at radius 1 is 1.19 bits per heavy atom. The number of hydrogen-bond donors (Lipinski definition) is 0. The molecule has 1 saturated heterocycles. The molecule has 0 N–H and O–H groups in total. The van der Waals surface area contributed by atoms with Crippen molar-refractivity contribution >= 4 is 23.3 Å². The Bertz CT molecular complexity index is 681. The van der Waals surface area contributed by atoms with Gasteiger partial charge in [-0.1, -0.05) is 12.8 Å². The number of nitrogens with zero attached hydrogens (tertiary/aromatic N) is 3. The van der Waals surface area contributed by atoms with Crippen LogP contribution in [0.5, 0.6) is 0 Å². The molecule has 8 heteroatoms. The first-order chi connectivity index (χ1) is 12.3. The van der Waals surface area contributed by atoms with Crippen LogP contribution in [0.15, 0.2) is 18.2 Å². The van der Waals surface area contributed by atoms with E-state index in [2.05, 4.69) is 0 Å². The standard InChI is InChI=1S/C18H25N3O5/c1-13(17(22)19(2)3)26-18(23)14-8-9-15(16(12-14)21(24)25)20-10-6-4-5-7-11-20/h8-9,12-13H,4-7,10-11H2,1-3H3/t13-/m1/s1. The summed E-state index contributed by atoms with van der Waals surface area (Å²) < 4.78 is 5.13. The zero-order chi connectivity index (χ0) is 19.3. The topological polar surface area (TPSA) is 93.0 Å². The monoisotopic (exact) mass is 363 g/mol. The van der Waals surface area contributed by atoms with E-state index in [0.29, 0.717) is 5.69 Å². The number of rotatable bonds is 5. The lowest BCUT2D eigenvalue weighted by Gasteiger charge is -2.22. The Morgan fingerprint density at radius 3 is 2.35 bits per heavy atom. The van der Waals surface area contributed by atoms with Crippen LogP contribution in [0.2, 0.25) is 0 Å². The Morgan fingerprint density at radius 2 is 1.81 bits per heavy atom. The maximum Gasteiger partial charge on any atom is 0.339 e. The highest BCUT2D eigenvalue weighted by atomic mass is 16.6. The third kappa shape index (κ3) is 4.71. The molecule has 1 aliphatic rings. The molecule has 0 unspecified atom stereocenters. The summed E-state index contributed by atoms with van der Waals surface area (Å²) in [6, 6.07) is 4.34. The number of carbonyl (C=O) groups excluding carboxylic acids is 2. The van der Waals surface area contributed by atoms with Crippen LogP contribution >= 0.6 is 0 Å². The third-order valence-corrected chi connectivity index (χ3v) is 4.43. The predicted molar refractivity (Wildman–Crippen MR) is 97.3 cm³/mol. The highest BCUT2D eigenvalue weighted by Gasteiger charge is 2.25. The smallest absolute Gasteiger partial charge is 0.339 e. The second kappa shape index (κ2) is 8.64. The lowest BCUT2D eigenvalue weighted by Crippen LogP contribution is -2.34. The molecular weight excluding hydrogens is 338 g/mol. The first kappa shape index (κ1) is 19.7. The molecule has 142 valence electrons. The molecule has 1 heterocycles. The van der Waals surface area contributed by atoms with Crippen molar-refractivity contribution in [3.05, 3.63) is 33.9 Å². The second-order valence-corrected chi connectivity index (χ2v) is 6.64. The molecule has 1 aromatic rings. The molecule has 1 fully saturated rings. The predicted octanol–water partition coefficient (Wildman–Crippen LogP) is 2.61. The minimum atomic E-state index is -0.957. The maximum atomic E-state index is 12.3. The molecule has 1 amide bonds. The van der Waals surface area contributed by atoms with Gasteiger partial charge < -0.3 is 14.5 Å². The van der Waals surface area contributed by atoms with Crippen LogP contribution in [0.4, 0.5) is 11.4 Å². The van der Waals surface area contributed by atoms with Gasteiger partial charge in [0, 0.05) is 33.3 Å². The average Bonchev–Trinajstić information content (AvgIpc) is 2.89. The van der Waals surface area contributed by atoms with E-state index < -0.39 is 17.0 Å². The minimum Gasteiger partial charge on any atom is -0.449 e. The van der Waals surface area contributed by atoms with Gasteiger partial charge in [-0.15, -0.1) is 0 Å². The van der Waals surface area contributed by atoms with Gasteiger partial charge in [0.2, 0.25) is 0 Å². The van der Waals surface area contributed by atoms with Crippen molar-refractivity contribution in [1.82, 2.24) is 4.90 Å². The molecule has 1 aliphatic heterocycles. The van der Waals surface area contributed by atoms with E-state index in [4.69, 9.17) is 4.74 Å². The number of esters is 1. The number of amides is 1. The van der Waals surface area contributed by atoms with E-state index in [9.17, 15) is 19.7 Å². The summed E-state index contributed by atoms with van der Waals surface area (Å²) in [7, 11) is 3.13. The van der Waals surface area contributed by atoms with Gasteiger partial charge in [0.15, 0.2) is 6.10 Å². The number of likely N-dealkylation sites (N-methyl/N-ethyl adjacent to an activating group) is 1. The second-order valence-electron chi connectivity index (χ2n) is 6.64. The molecule has 2 rings (SSSR count). The van der Waals surface area contributed by atoms with Crippen LogP contribution < -0.4 is 4.90 Å². The number of ether oxygens (including phenoxy) is 1. The minimum absolute atomic E-state index is 0.0636. The Kier molecular flexibility index (Phi) is 6.54. The molecule has 0 aliphatic carbocycles. The first-order valence-corrected chi connectivity index (χ1v) is 8.76. The highest BCUT2D eigenvalue weighted by molar-refractivity contribution is 5.93. The first-order valence-electron chi connectivity index (χ1n) is 8.76. The fourth-order valence-electron chi connectivity index (χ4n) is 3.02. The van der Waals surface area contributed by atoms with E-state index in [1.54, 1.807) is 20.2 Å². The zero-order valence-electron chi connectivity index (χ0n) is 15.4. The van der Waals surface area contributed by atoms with Crippen LogP contribution in [-0.4, -0.2) is 55.0 Å². The van der Waals surface area contributed by atoms with Crippen LogP contribution in [0, 0.1) is 10.1 Å². The molecule has 26 heavy (non-hydrogen) atoms. The average molecular weight is 363 g/mol. The number of carbonyl (C=O) groups is 2. The van der Waals surface area contributed by atoms with Gasteiger partial charge in [-0.3, -0.25) is 14.9 Å². The van der Waals surface area contributed by atoms with Crippen LogP contribution in [0.25, 0.3) is 0 Å². The summed E-state index contributed by atoms with van der Waals surface area (Å²) >= 11 is 0. The van der Waals surface area contributed by atoms with Gasteiger partial charge in [0.05, 0.1) is 10.5 Å². The number of anilines is 1. The van der Waals surface area contributed by atoms with Crippen molar-refractivity contribution in [3.8, 4) is 0 Å². The van der Waals surface area contributed by atoms with Gasteiger partial charge in [-0.05, 0) is 31.9 Å². The highest BCUT2D eigenvalue weighted by Crippen LogP contribution is 2.31. The largest absolute Gasteiger partial charge is 0.449 e. The van der Waals surface area contributed by atoms with E-state index in [-0.39, 0.29) is 17.2 Å². The summed E-state index contributed by atoms with van der Waals surface area (Å²) in [5.74, 6) is -1.10. The van der Waals surface area contributed by atoms with Gasteiger partial charge in [0.25, 0.3) is 11.6 Å². The molecule has 0 radical (unpaired) electrons. The number of benzene rings is 1. The zero-order valence-corrected chi connectivity index (χ0v) is 15.4. The van der Waals surface area contributed by atoms with E-state index >= 15 is 0 Å². The molecular formula is C18H25N3O5. The van der Waals surface area contributed by atoms with Gasteiger partial charge in [0.1, 0.15) is 5.69 Å². The Hall–Kier alpha value is -2.64. The van der Waals surface area contributed by atoms with Crippen LogP contribution in [0.1, 0.15) is 43.0 Å². The van der Waals surface area contributed by atoms with Crippen LogP contribution in [0.3, 0.4) is 0 Å². The third-order valence-electron chi connectivity index (χ3n) is 4.43. The fraction of sp³-hybridized carbons (Fsp3) is 0.556. The lowest BCUT2D eigenvalue weighted by atomic mass is 10.1. The molecule has 0 spiro atoms. The summed E-state index contributed by atoms with van der Waals surface area (Å²) in [6.45, 7) is 3.00. The Balaban J connectivity index is 2.23. The summed E-state index contributed by atoms with van der Waals surface area (Å²) in [6.07, 6.45) is 3.26. The van der Waals surface area contributed by atoms with Crippen molar-refractivity contribution in [3.63, 3.8) is 0 Å². The van der Waals surface area contributed by atoms with E-state index in [1.807, 2.05) is 4.90 Å². The van der Waals surface area contributed by atoms with Crippen molar-refractivity contribution in [1.29, 1.82) is 0 Å². The lowest BCUT2D eigenvalue weighted by molar-refractivity contribution is -0.384. The number of hydrogen-bond acceptors (Lipinski definition) is 6. The van der Waals surface area contributed by atoms with Crippen molar-refractivity contribution < 1.29 is 19.2 Å². The molecule has 8 nitrogen and oxygen atoms in total. The molecule has 0 saturated carbocycles. The molecule has 1 aromatic carbocycles. The summed E-state index contributed by atoms with van der Waals surface area (Å²) in [4.78, 5) is 38.4. The van der Waals surface area contributed by atoms with Crippen molar-refractivity contribution in [2.75, 3.05) is 32.1 Å². The molecule has 0 aromatic heterocycles. The molecule has 1 atom stereocenters. The SMILES string of the molecule is C[C@@H](OC(=O)c1ccc(N2CCCCCC2)c([N+](=O)[O-])c1)C(=O)N(C)C. The van der Waals surface area contributed by atoms with Gasteiger partial charge >= 0.3 is 5.97 Å². The molecule has 0 bridgehead atoms. The van der Waals surface area contributed by atoms with E-state index in [1.165, 1.54) is 24.0 Å².